The molecule has 0 atom stereocenters. The summed E-state index contributed by atoms with van der Waals surface area (Å²) in [4.78, 5) is 35.1. The Morgan fingerprint density at radius 2 is 1.78 bits per heavy atom. The van der Waals surface area contributed by atoms with E-state index in [9.17, 15) is 19.7 Å². The van der Waals surface area contributed by atoms with Crippen LogP contribution in [0.2, 0.25) is 0 Å². The van der Waals surface area contributed by atoms with Gasteiger partial charge in [-0.25, -0.2) is 3.96 Å². The Bertz CT molecular complexity index is 944. The molecule has 1 aromatic heterocycles. The summed E-state index contributed by atoms with van der Waals surface area (Å²) in [5, 5.41) is 10.8. The van der Waals surface area contributed by atoms with Crippen LogP contribution in [0, 0.1) is 10.1 Å². The van der Waals surface area contributed by atoms with Gasteiger partial charge in [0.1, 0.15) is 0 Å². The van der Waals surface area contributed by atoms with Crippen molar-refractivity contribution in [1.29, 1.82) is 0 Å². The van der Waals surface area contributed by atoms with Gasteiger partial charge in [-0.15, -0.1) is 0 Å². The molecule has 0 spiro atoms. The summed E-state index contributed by atoms with van der Waals surface area (Å²) < 4.78 is 1.27. The molecule has 1 heterocycles. The molecule has 3 aromatic rings. The van der Waals surface area contributed by atoms with Crippen LogP contribution in [0.25, 0.3) is 5.69 Å². The SMILES string of the molecule is O=C(c1ccccc1)c1cc(=O)n(-c2cccc([N+](=O)[O-])c2)s1. The summed E-state index contributed by atoms with van der Waals surface area (Å²) in [6, 6.07) is 15.6. The van der Waals surface area contributed by atoms with Gasteiger partial charge in [-0.1, -0.05) is 36.4 Å². The van der Waals surface area contributed by atoms with Crippen LogP contribution in [0.3, 0.4) is 0 Å². The quantitative estimate of drug-likeness (QED) is 0.419. The van der Waals surface area contributed by atoms with Crippen LogP contribution in [-0.2, 0) is 0 Å². The van der Waals surface area contributed by atoms with Crippen molar-refractivity contribution in [2.45, 2.75) is 0 Å². The molecule has 0 aliphatic rings. The lowest BCUT2D eigenvalue weighted by Gasteiger charge is -2.00. The Morgan fingerprint density at radius 3 is 2.48 bits per heavy atom. The highest BCUT2D eigenvalue weighted by molar-refractivity contribution is 7.09. The van der Waals surface area contributed by atoms with Gasteiger partial charge in [0.05, 0.1) is 15.5 Å². The molecule has 0 aliphatic heterocycles. The van der Waals surface area contributed by atoms with Crippen molar-refractivity contribution in [3.05, 3.63) is 91.6 Å². The Labute approximate surface area is 134 Å². The fourth-order valence-corrected chi connectivity index (χ4v) is 3.00. The summed E-state index contributed by atoms with van der Waals surface area (Å²) in [7, 11) is 0. The van der Waals surface area contributed by atoms with Crippen LogP contribution in [0.15, 0.2) is 65.5 Å². The van der Waals surface area contributed by atoms with E-state index >= 15 is 0 Å². The van der Waals surface area contributed by atoms with Gasteiger partial charge < -0.3 is 0 Å². The summed E-state index contributed by atoms with van der Waals surface area (Å²) in [5.41, 5.74) is 0.342. The Balaban J connectivity index is 2.02. The molecule has 0 unspecified atom stereocenters. The number of hydrogen-bond acceptors (Lipinski definition) is 5. The first-order valence-electron chi connectivity index (χ1n) is 6.64. The number of ketones is 1. The average molecular weight is 326 g/mol. The van der Waals surface area contributed by atoms with Gasteiger partial charge >= 0.3 is 0 Å². The lowest BCUT2D eigenvalue weighted by atomic mass is 10.1. The molecule has 0 saturated carbocycles. The monoisotopic (exact) mass is 326 g/mol. The number of carbonyl (C=O) groups is 1. The van der Waals surface area contributed by atoms with E-state index in [0.717, 1.165) is 11.5 Å². The molecule has 0 amide bonds. The largest absolute Gasteiger partial charge is 0.288 e. The van der Waals surface area contributed by atoms with E-state index < -0.39 is 10.5 Å². The Hall–Kier alpha value is -3.06. The highest BCUT2D eigenvalue weighted by Crippen LogP contribution is 2.20. The maximum absolute atomic E-state index is 12.4. The molecule has 0 aliphatic carbocycles. The predicted molar refractivity (Wildman–Crippen MR) is 86.4 cm³/mol. The second-order valence-electron chi connectivity index (χ2n) is 4.70. The van der Waals surface area contributed by atoms with E-state index in [4.69, 9.17) is 0 Å². The van der Waals surface area contributed by atoms with Crippen molar-refractivity contribution in [2.75, 3.05) is 0 Å². The molecule has 2 aromatic carbocycles. The average Bonchev–Trinajstić information content (AvgIpc) is 2.97. The number of nitro benzene ring substituents is 1. The maximum Gasteiger partial charge on any atom is 0.271 e. The molecule has 0 radical (unpaired) electrons. The van der Waals surface area contributed by atoms with Crippen molar-refractivity contribution in [2.24, 2.45) is 0 Å². The van der Waals surface area contributed by atoms with Crippen molar-refractivity contribution in [3.8, 4) is 5.69 Å². The number of benzene rings is 2. The topological polar surface area (TPSA) is 82.2 Å². The molecular weight excluding hydrogens is 316 g/mol. The van der Waals surface area contributed by atoms with Crippen LogP contribution in [0.4, 0.5) is 5.69 Å². The fourth-order valence-electron chi connectivity index (χ4n) is 2.09. The molecule has 0 fully saturated rings. The number of carbonyl (C=O) groups excluding carboxylic acids is 1. The van der Waals surface area contributed by atoms with Gasteiger partial charge in [-0.05, 0) is 17.6 Å². The van der Waals surface area contributed by atoms with Crippen LogP contribution in [0.5, 0.6) is 0 Å². The van der Waals surface area contributed by atoms with E-state index in [1.54, 1.807) is 36.4 Å². The zero-order valence-corrected chi connectivity index (χ0v) is 12.5. The van der Waals surface area contributed by atoms with Crippen LogP contribution in [0.1, 0.15) is 15.2 Å². The van der Waals surface area contributed by atoms with Crippen LogP contribution in [-0.4, -0.2) is 14.7 Å². The molecule has 114 valence electrons. The van der Waals surface area contributed by atoms with Crippen LogP contribution >= 0.6 is 11.5 Å². The second kappa shape index (κ2) is 5.98. The molecule has 0 N–H and O–H groups in total. The van der Waals surface area contributed by atoms with Crippen molar-refractivity contribution >= 4 is 23.0 Å². The molecule has 3 rings (SSSR count). The molecule has 0 saturated heterocycles. The lowest BCUT2D eigenvalue weighted by Crippen LogP contribution is -2.09. The van der Waals surface area contributed by atoms with Crippen LogP contribution < -0.4 is 5.56 Å². The predicted octanol–water partition coefficient (Wildman–Crippen LogP) is 3.04. The van der Waals surface area contributed by atoms with Crippen molar-refractivity contribution in [1.82, 2.24) is 3.96 Å². The number of rotatable bonds is 4. The number of nitrogens with zero attached hydrogens (tertiary/aromatic N) is 2. The van der Waals surface area contributed by atoms with Crippen molar-refractivity contribution < 1.29 is 9.72 Å². The molecule has 23 heavy (non-hydrogen) atoms. The minimum atomic E-state index is -0.530. The highest BCUT2D eigenvalue weighted by Gasteiger charge is 2.16. The van der Waals surface area contributed by atoms with E-state index in [1.165, 1.54) is 28.2 Å². The Kier molecular flexibility index (Phi) is 3.86. The summed E-state index contributed by atoms with van der Waals surface area (Å²) in [5.74, 6) is -0.253. The molecule has 7 heteroatoms. The molecular formula is C16H10N2O4S. The number of nitro groups is 1. The first kappa shape index (κ1) is 14.9. The zero-order valence-electron chi connectivity index (χ0n) is 11.7. The third-order valence-corrected chi connectivity index (χ3v) is 4.25. The minimum absolute atomic E-state index is 0.112. The molecule has 0 bridgehead atoms. The normalized spacial score (nSPS) is 10.4. The Morgan fingerprint density at radius 1 is 1.04 bits per heavy atom. The van der Waals surface area contributed by atoms with E-state index in [1.807, 2.05) is 0 Å². The standard InChI is InChI=1S/C16H10N2O4S/c19-15-10-14(16(20)11-5-2-1-3-6-11)23-17(15)12-7-4-8-13(9-12)18(21)22/h1-10H. The molecule has 6 nitrogen and oxygen atoms in total. The number of non-ortho nitro benzene ring substituents is 1. The van der Waals surface area contributed by atoms with E-state index in [0.29, 0.717) is 11.3 Å². The second-order valence-corrected chi connectivity index (χ2v) is 5.69. The smallest absolute Gasteiger partial charge is 0.271 e. The van der Waals surface area contributed by atoms with Gasteiger partial charge in [-0.3, -0.25) is 19.7 Å². The third-order valence-electron chi connectivity index (χ3n) is 3.18. The number of aromatic nitrogens is 1. The van der Waals surface area contributed by atoms with Gasteiger partial charge in [0.15, 0.2) is 0 Å². The highest BCUT2D eigenvalue weighted by atomic mass is 32.1. The zero-order chi connectivity index (χ0) is 16.4. The van der Waals surface area contributed by atoms with Crippen molar-refractivity contribution in [3.63, 3.8) is 0 Å². The summed E-state index contributed by atoms with van der Waals surface area (Å²) in [6.07, 6.45) is 0. The first-order valence-corrected chi connectivity index (χ1v) is 7.41. The van der Waals surface area contributed by atoms with Gasteiger partial charge in [0.2, 0.25) is 5.78 Å². The number of hydrogen-bond donors (Lipinski definition) is 0. The van der Waals surface area contributed by atoms with Gasteiger partial charge in [0, 0.05) is 23.8 Å². The fraction of sp³-hybridized carbons (Fsp3) is 0. The summed E-state index contributed by atoms with van der Waals surface area (Å²) in [6.45, 7) is 0. The minimum Gasteiger partial charge on any atom is -0.288 e. The van der Waals surface area contributed by atoms with E-state index in [-0.39, 0.29) is 16.3 Å². The van der Waals surface area contributed by atoms with E-state index in [2.05, 4.69) is 0 Å². The van der Waals surface area contributed by atoms with Gasteiger partial charge in [-0.2, -0.15) is 0 Å². The lowest BCUT2D eigenvalue weighted by molar-refractivity contribution is -0.384. The third kappa shape index (κ3) is 2.95. The summed E-state index contributed by atoms with van der Waals surface area (Å²) >= 11 is 0.968. The first-order chi connectivity index (χ1) is 11.1. The van der Waals surface area contributed by atoms with Gasteiger partial charge in [0.25, 0.3) is 11.2 Å². The maximum atomic E-state index is 12.4.